The van der Waals surface area contributed by atoms with Gasteiger partial charge in [-0.05, 0) is 24.5 Å². The van der Waals surface area contributed by atoms with E-state index in [4.69, 9.17) is 5.73 Å². The molecule has 1 aromatic rings. The minimum Gasteiger partial charge on any atom is -0.396 e. The van der Waals surface area contributed by atoms with Gasteiger partial charge >= 0.3 is 0 Å². The summed E-state index contributed by atoms with van der Waals surface area (Å²) in [6.07, 6.45) is 3.05. The number of rotatable bonds is 3. The summed E-state index contributed by atoms with van der Waals surface area (Å²) in [5.74, 6) is -0.302. The molecule has 0 aromatic heterocycles. The minimum atomic E-state index is -0.302. The van der Waals surface area contributed by atoms with Crippen molar-refractivity contribution in [1.29, 1.82) is 0 Å². The van der Waals surface area contributed by atoms with E-state index < -0.39 is 0 Å². The molecule has 0 aliphatic heterocycles. The molecule has 0 saturated heterocycles. The molecule has 2 heteroatoms. The van der Waals surface area contributed by atoms with Crippen molar-refractivity contribution in [2.45, 2.75) is 26.2 Å². The number of anilines is 1. The van der Waals surface area contributed by atoms with E-state index in [0.717, 1.165) is 24.8 Å². The van der Waals surface area contributed by atoms with Crippen LogP contribution in [0.3, 0.4) is 0 Å². The highest BCUT2D eigenvalue weighted by Gasteiger charge is 2.02. The molecule has 0 atom stereocenters. The Balaban J connectivity index is 2.78. The first kappa shape index (κ1) is 9.04. The molecule has 66 valence electrons. The van der Waals surface area contributed by atoms with Crippen LogP contribution >= 0.6 is 0 Å². The molecular formula is C10H14FN. The number of benzene rings is 1. The van der Waals surface area contributed by atoms with Crippen LogP contribution < -0.4 is 5.73 Å². The zero-order chi connectivity index (χ0) is 8.97. The van der Waals surface area contributed by atoms with Gasteiger partial charge in [0.25, 0.3) is 0 Å². The average Bonchev–Trinajstić information content (AvgIpc) is 2.08. The Kier molecular flexibility index (Phi) is 3.09. The zero-order valence-corrected chi connectivity index (χ0v) is 7.31. The van der Waals surface area contributed by atoms with Gasteiger partial charge in [0.2, 0.25) is 0 Å². The van der Waals surface area contributed by atoms with Crippen LogP contribution in [-0.4, -0.2) is 0 Å². The average molecular weight is 167 g/mol. The second-order valence-electron chi connectivity index (χ2n) is 2.92. The molecule has 2 N–H and O–H groups in total. The molecule has 0 radical (unpaired) electrons. The van der Waals surface area contributed by atoms with E-state index in [9.17, 15) is 4.39 Å². The van der Waals surface area contributed by atoms with Crippen molar-refractivity contribution in [3.05, 3.63) is 29.6 Å². The summed E-state index contributed by atoms with van der Waals surface area (Å²) in [4.78, 5) is 0. The number of halogens is 1. The summed E-state index contributed by atoms with van der Waals surface area (Å²) >= 11 is 0. The molecule has 1 nitrogen and oxygen atoms in total. The first-order valence-electron chi connectivity index (χ1n) is 4.28. The lowest BCUT2D eigenvalue weighted by Gasteiger charge is -2.04. The molecule has 0 aliphatic carbocycles. The molecule has 0 heterocycles. The summed E-state index contributed by atoms with van der Waals surface area (Å²) in [6.45, 7) is 2.11. The van der Waals surface area contributed by atoms with Gasteiger partial charge in [0.05, 0.1) is 5.69 Å². The van der Waals surface area contributed by atoms with Crippen molar-refractivity contribution < 1.29 is 4.39 Å². The van der Waals surface area contributed by atoms with Gasteiger partial charge in [-0.3, -0.25) is 0 Å². The fraction of sp³-hybridized carbons (Fsp3) is 0.400. The molecule has 0 saturated carbocycles. The van der Waals surface area contributed by atoms with Gasteiger partial charge in [-0.2, -0.15) is 0 Å². The topological polar surface area (TPSA) is 26.0 Å². The van der Waals surface area contributed by atoms with E-state index in [-0.39, 0.29) is 5.82 Å². The molecule has 0 amide bonds. The molecule has 0 spiro atoms. The number of nitrogens with two attached hydrogens (primary N) is 1. The third kappa shape index (κ3) is 1.97. The minimum absolute atomic E-state index is 0.302. The smallest absolute Gasteiger partial charge is 0.146 e. The van der Waals surface area contributed by atoms with Crippen LogP contribution in [0, 0.1) is 5.82 Å². The number of aryl methyl sites for hydroxylation is 1. The summed E-state index contributed by atoms with van der Waals surface area (Å²) in [7, 11) is 0. The van der Waals surface area contributed by atoms with Crippen molar-refractivity contribution >= 4 is 5.69 Å². The first-order valence-corrected chi connectivity index (χ1v) is 4.28. The predicted octanol–water partition coefficient (Wildman–Crippen LogP) is 2.75. The Bertz CT molecular complexity index is 258. The van der Waals surface area contributed by atoms with Gasteiger partial charge in [-0.1, -0.05) is 25.5 Å². The van der Waals surface area contributed by atoms with Crippen molar-refractivity contribution in [2.75, 3.05) is 5.73 Å². The van der Waals surface area contributed by atoms with Crippen molar-refractivity contribution in [3.63, 3.8) is 0 Å². The zero-order valence-electron chi connectivity index (χ0n) is 7.31. The Morgan fingerprint density at radius 1 is 1.42 bits per heavy atom. The van der Waals surface area contributed by atoms with E-state index in [1.807, 2.05) is 6.07 Å². The van der Waals surface area contributed by atoms with Gasteiger partial charge in [0, 0.05) is 0 Å². The molecule has 0 aliphatic rings. The standard InChI is InChI=1S/C10H14FN/c1-2-3-5-8-6-4-7-9(11)10(8)12/h4,6-7H,2-3,5,12H2,1H3. The number of nitrogen functional groups attached to an aromatic ring is 1. The van der Waals surface area contributed by atoms with Crippen LogP contribution in [0.2, 0.25) is 0 Å². The number of unbranched alkanes of at least 4 members (excludes halogenated alkanes) is 1. The molecule has 0 unspecified atom stereocenters. The lowest BCUT2D eigenvalue weighted by molar-refractivity contribution is 0.629. The van der Waals surface area contributed by atoms with Gasteiger partial charge in [-0.25, -0.2) is 4.39 Å². The number of para-hydroxylation sites is 1. The maximum absolute atomic E-state index is 12.9. The van der Waals surface area contributed by atoms with Crippen LogP contribution in [-0.2, 0) is 6.42 Å². The van der Waals surface area contributed by atoms with Crippen LogP contribution in [0.5, 0.6) is 0 Å². The predicted molar refractivity (Wildman–Crippen MR) is 49.4 cm³/mol. The third-order valence-electron chi connectivity index (χ3n) is 1.94. The van der Waals surface area contributed by atoms with Crippen LogP contribution in [0.15, 0.2) is 18.2 Å². The van der Waals surface area contributed by atoms with E-state index in [2.05, 4.69) is 6.92 Å². The lowest BCUT2D eigenvalue weighted by atomic mass is 10.1. The van der Waals surface area contributed by atoms with Crippen molar-refractivity contribution in [2.24, 2.45) is 0 Å². The summed E-state index contributed by atoms with van der Waals surface area (Å²) < 4.78 is 12.9. The van der Waals surface area contributed by atoms with Gasteiger partial charge in [-0.15, -0.1) is 0 Å². The Morgan fingerprint density at radius 3 is 2.83 bits per heavy atom. The third-order valence-corrected chi connectivity index (χ3v) is 1.94. The Labute approximate surface area is 72.4 Å². The van der Waals surface area contributed by atoms with Crippen molar-refractivity contribution in [3.8, 4) is 0 Å². The van der Waals surface area contributed by atoms with E-state index in [1.165, 1.54) is 6.07 Å². The Morgan fingerprint density at radius 2 is 2.17 bits per heavy atom. The molecule has 12 heavy (non-hydrogen) atoms. The molecule has 0 fully saturated rings. The quantitative estimate of drug-likeness (QED) is 0.688. The maximum Gasteiger partial charge on any atom is 0.146 e. The normalized spacial score (nSPS) is 10.2. The van der Waals surface area contributed by atoms with Crippen LogP contribution in [0.4, 0.5) is 10.1 Å². The second-order valence-corrected chi connectivity index (χ2v) is 2.92. The monoisotopic (exact) mass is 167 g/mol. The largest absolute Gasteiger partial charge is 0.396 e. The van der Waals surface area contributed by atoms with Gasteiger partial charge in [0.1, 0.15) is 5.82 Å². The highest BCUT2D eigenvalue weighted by molar-refractivity contribution is 5.47. The van der Waals surface area contributed by atoms with Crippen LogP contribution in [0.25, 0.3) is 0 Å². The van der Waals surface area contributed by atoms with Crippen molar-refractivity contribution in [1.82, 2.24) is 0 Å². The lowest BCUT2D eigenvalue weighted by Crippen LogP contribution is -1.97. The fourth-order valence-corrected chi connectivity index (χ4v) is 1.17. The SMILES string of the molecule is CCCCc1cccc(F)c1N. The fourth-order valence-electron chi connectivity index (χ4n) is 1.17. The highest BCUT2D eigenvalue weighted by Crippen LogP contribution is 2.17. The number of hydrogen-bond donors (Lipinski definition) is 1. The number of hydrogen-bond acceptors (Lipinski definition) is 1. The molecule has 0 bridgehead atoms. The maximum atomic E-state index is 12.9. The van der Waals surface area contributed by atoms with Gasteiger partial charge in [0.15, 0.2) is 0 Å². The summed E-state index contributed by atoms with van der Waals surface area (Å²) in [6, 6.07) is 4.98. The summed E-state index contributed by atoms with van der Waals surface area (Å²) in [5, 5.41) is 0. The van der Waals surface area contributed by atoms with E-state index in [0.29, 0.717) is 5.69 Å². The second kappa shape index (κ2) is 4.10. The first-order chi connectivity index (χ1) is 5.75. The van der Waals surface area contributed by atoms with E-state index in [1.54, 1.807) is 6.07 Å². The highest BCUT2D eigenvalue weighted by atomic mass is 19.1. The molecular weight excluding hydrogens is 153 g/mol. The molecule has 1 rings (SSSR count). The Hall–Kier alpha value is -1.05. The van der Waals surface area contributed by atoms with Gasteiger partial charge < -0.3 is 5.73 Å². The summed E-state index contributed by atoms with van der Waals surface area (Å²) in [5.41, 5.74) is 6.79. The van der Waals surface area contributed by atoms with E-state index >= 15 is 0 Å². The van der Waals surface area contributed by atoms with Crippen LogP contribution in [0.1, 0.15) is 25.3 Å². The molecule has 1 aromatic carbocycles.